The molecule has 1 aromatic rings. The number of guanidine groups is 1. The van der Waals surface area contributed by atoms with Gasteiger partial charge in [-0.25, -0.2) is 18.1 Å². The lowest BCUT2D eigenvalue weighted by molar-refractivity contribution is 0.569. The Balaban J connectivity index is 0.00000625. The summed E-state index contributed by atoms with van der Waals surface area (Å²) in [6.45, 7) is 9.90. The van der Waals surface area contributed by atoms with Gasteiger partial charge in [0.15, 0.2) is 5.96 Å². The number of nitrogens with zero attached hydrogens (tertiary/aromatic N) is 1. The van der Waals surface area contributed by atoms with Gasteiger partial charge in [-0.3, -0.25) is 0 Å². The van der Waals surface area contributed by atoms with Crippen LogP contribution in [0, 0.1) is 0 Å². The van der Waals surface area contributed by atoms with Gasteiger partial charge in [-0.15, -0.1) is 24.0 Å². The van der Waals surface area contributed by atoms with E-state index in [-0.39, 0.29) is 35.8 Å². The van der Waals surface area contributed by atoms with Crippen molar-refractivity contribution in [1.82, 2.24) is 15.4 Å². The Kier molecular flexibility index (Phi) is 12.9. The van der Waals surface area contributed by atoms with Crippen molar-refractivity contribution in [3.63, 3.8) is 0 Å². The number of halogens is 1. The zero-order valence-electron chi connectivity index (χ0n) is 16.2. The second-order valence-electron chi connectivity index (χ2n) is 6.28. The molecule has 0 heterocycles. The van der Waals surface area contributed by atoms with Gasteiger partial charge in [-0.2, -0.15) is 0 Å². The third kappa shape index (κ3) is 10.3. The van der Waals surface area contributed by atoms with E-state index >= 15 is 0 Å². The van der Waals surface area contributed by atoms with Crippen LogP contribution in [-0.2, 0) is 22.3 Å². The molecule has 3 N–H and O–H groups in total. The van der Waals surface area contributed by atoms with E-state index < -0.39 is 10.0 Å². The fraction of sp³-hybridized carbons (Fsp3) is 0.611. The van der Waals surface area contributed by atoms with E-state index in [0.29, 0.717) is 6.54 Å². The average Bonchev–Trinajstić information content (AvgIpc) is 2.52. The van der Waals surface area contributed by atoms with Crippen LogP contribution < -0.4 is 15.4 Å². The molecular formula is C18H33IN4O2S. The molecule has 0 fully saturated rings. The maximum Gasteiger partial charge on any atom is 0.216 e. The molecule has 8 heteroatoms. The number of hydrogen-bond donors (Lipinski definition) is 3. The summed E-state index contributed by atoms with van der Waals surface area (Å²) in [4.78, 5) is 4.59. The molecule has 0 aliphatic rings. The first-order chi connectivity index (χ1) is 11.9. The third-order valence-corrected chi connectivity index (χ3v) is 4.98. The van der Waals surface area contributed by atoms with Crippen molar-refractivity contribution in [3.8, 4) is 0 Å². The lowest BCUT2D eigenvalue weighted by atomic mass is 10.1. The van der Waals surface area contributed by atoms with Crippen molar-refractivity contribution < 1.29 is 8.42 Å². The molecule has 150 valence electrons. The molecule has 1 aromatic carbocycles. The van der Waals surface area contributed by atoms with E-state index in [1.807, 2.05) is 45.0 Å². The fourth-order valence-electron chi connectivity index (χ4n) is 2.35. The van der Waals surface area contributed by atoms with Crippen molar-refractivity contribution in [3.05, 3.63) is 35.4 Å². The van der Waals surface area contributed by atoms with Crippen molar-refractivity contribution in [2.45, 2.75) is 58.9 Å². The number of aliphatic imine (C=N–C) groups is 1. The van der Waals surface area contributed by atoms with Crippen LogP contribution in [0.4, 0.5) is 0 Å². The number of nitrogens with one attached hydrogen (secondary N) is 3. The van der Waals surface area contributed by atoms with Crippen LogP contribution in [0.1, 0.15) is 51.7 Å². The second-order valence-corrected chi connectivity index (χ2v) is 8.03. The van der Waals surface area contributed by atoms with Crippen LogP contribution >= 0.6 is 24.0 Å². The molecular weight excluding hydrogens is 463 g/mol. The minimum absolute atomic E-state index is 0. The van der Waals surface area contributed by atoms with E-state index in [2.05, 4.69) is 27.3 Å². The molecule has 6 nitrogen and oxygen atoms in total. The molecule has 0 aliphatic heterocycles. The Hall–Kier alpha value is -0.870. The number of rotatable bonds is 10. The van der Waals surface area contributed by atoms with Gasteiger partial charge in [-0.05, 0) is 38.3 Å². The maximum absolute atomic E-state index is 12.2. The van der Waals surface area contributed by atoms with Crippen molar-refractivity contribution >= 4 is 40.0 Å². The summed E-state index contributed by atoms with van der Waals surface area (Å²) in [6, 6.07) is 7.44. The van der Waals surface area contributed by atoms with E-state index in [9.17, 15) is 8.42 Å². The predicted octanol–water partition coefficient (Wildman–Crippen LogP) is 2.99. The highest BCUT2D eigenvalue weighted by atomic mass is 127. The number of benzene rings is 1. The Morgan fingerprint density at radius 2 is 1.77 bits per heavy atom. The standard InChI is InChI=1S/C18H32N4O2S.HI/c1-5-7-12-20-18(19-6-2)21-13-16-10-8-9-11-17(16)14-25(23,24)22-15(3)4;/h8-11,15,22H,5-7,12-14H2,1-4H3,(H2,19,20,21);1H. The first-order valence-electron chi connectivity index (χ1n) is 8.97. The minimum Gasteiger partial charge on any atom is -0.357 e. The van der Waals surface area contributed by atoms with E-state index in [4.69, 9.17) is 0 Å². The Bertz CT molecular complexity index is 648. The van der Waals surface area contributed by atoms with Crippen molar-refractivity contribution in [1.29, 1.82) is 0 Å². The van der Waals surface area contributed by atoms with Crippen LogP contribution in [0.15, 0.2) is 29.3 Å². The summed E-state index contributed by atoms with van der Waals surface area (Å²) in [5.74, 6) is 0.727. The summed E-state index contributed by atoms with van der Waals surface area (Å²) >= 11 is 0. The van der Waals surface area contributed by atoms with E-state index in [0.717, 1.165) is 43.0 Å². The average molecular weight is 496 g/mol. The molecule has 0 bridgehead atoms. The highest BCUT2D eigenvalue weighted by Gasteiger charge is 2.15. The highest BCUT2D eigenvalue weighted by Crippen LogP contribution is 2.13. The number of sulfonamides is 1. The zero-order valence-corrected chi connectivity index (χ0v) is 19.4. The van der Waals surface area contributed by atoms with Crippen LogP contribution in [0.3, 0.4) is 0 Å². The van der Waals surface area contributed by atoms with Gasteiger partial charge in [0, 0.05) is 19.1 Å². The van der Waals surface area contributed by atoms with Gasteiger partial charge >= 0.3 is 0 Å². The molecule has 0 radical (unpaired) electrons. The Labute approximate surface area is 175 Å². The summed E-state index contributed by atoms with van der Waals surface area (Å²) in [6.07, 6.45) is 2.20. The van der Waals surface area contributed by atoms with Gasteiger partial charge in [0.1, 0.15) is 0 Å². The normalized spacial score (nSPS) is 12.0. The van der Waals surface area contributed by atoms with Gasteiger partial charge in [0.05, 0.1) is 12.3 Å². The second kappa shape index (κ2) is 13.3. The predicted molar refractivity (Wildman–Crippen MR) is 120 cm³/mol. The van der Waals surface area contributed by atoms with Crippen molar-refractivity contribution in [2.75, 3.05) is 13.1 Å². The first kappa shape index (κ1) is 25.1. The monoisotopic (exact) mass is 496 g/mol. The van der Waals surface area contributed by atoms with Crippen molar-refractivity contribution in [2.24, 2.45) is 4.99 Å². The molecule has 0 spiro atoms. The summed E-state index contributed by atoms with van der Waals surface area (Å²) < 4.78 is 27.0. The third-order valence-electron chi connectivity index (χ3n) is 3.45. The quantitative estimate of drug-likeness (QED) is 0.201. The SMILES string of the molecule is CCCCNC(=NCc1ccccc1CS(=O)(=O)NC(C)C)NCC.I. The maximum atomic E-state index is 12.2. The van der Waals surface area contributed by atoms with Crippen LogP contribution in [0.25, 0.3) is 0 Å². The lowest BCUT2D eigenvalue weighted by Gasteiger charge is -2.13. The van der Waals surface area contributed by atoms with Crippen LogP contribution in [-0.4, -0.2) is 33.5 Å². The molecule has 0 aromatic heterocycles. The number of hydrogen-bond acceptors (Lipinski definition) is 3. The molecule has 0 amide bonds. The van der Waals surface area contributed by atoms with E-state index in [1.54, 1.807) is 0 Å². The highest BCUT2D eigenvalue weighted by molar-refractivity contribution is 14.0. The van der Waals surface area contributed by atoms with Gasteiger partial charge in [0.25, 0.3) is 0 Å². The molecule has 0 saturated carbocycles. The molecule has 0 saturated heterocycles. The summed E-state index contributed by atoms with van der Waals surface area (Å²) in [7, 11) is -3.35. The van der Waals surface area contributed by atoms with Crippen LogP contribution in [0.5, 0.6) is 0 Å². The fourth-order valence-corrected chi connectivity index (χ4v) is 3.84. The Morgan fingerprint density at radius 3 is 2.35 bits per heavy atom. The smallest absolute Gasteiger partial charge is 0.216 e. The van der Waals surface area contributed by atoms with E-state index in [1.165, 1.54) is 0 Å². The molecule has 0 atom stereocenters. The zero-order chi connectivity index (χ0) is 18.7. The topological polar surface area (TPSA) is 82.6 Å². The minimum atomic E-state index is -3.35. The van der Waals surface area contributed by atoms with Gasteiger partial charge in [-0.1, -0.05) is 37.6 Å². The summed E-state index contributed by atoms with van der Waals surface area (Å²) in [5, 5.41) is 6.51. The lowest BCUT2D eigenvalue weighted by Crippen LogP contribution is -2.37. The van der Waals surface area contributed by atoms with Gasteiger partial charge in [0.2, 0.25) is 10.0 Å². The largest absolute Gasteiger partial charge is 0.357 e. The van der Waals surface area contributed by atoms with Crippen LogP contribution in [0.2, 0.25) is 0 Å². The molecule has 0 unspecified atom stereocenters. The molecule has 0 aliphatic carbocycles. The summed E-state index contributed by atoms with van der Waals surface area (Å²) in [5.41, 5.74) is 1.70. The first-order valence-corrected chi connectivity index (χ1v) is 10.6. The Morgan fingerprint density at radius 1 is 1.12 bits per heavy atom. The number of unbranched alkanes of at least 4 members (excludes halogenated alkanes) is 1. The molecule has 1 rings (SSSR count). The molecule has 26 heavy (non-hydrogen) atoms. The van der Waals surface area contributed by atoms with Gasteiger partial charge < -0.3 is 10.6 Å².